The van der Waals surface area contributed by atoms with Gasteiger partial charge in [-0.15, -0.1) is 0 Å². The molecular formula is C23H36N4O7. The Bertz CT molecular complexity index is 844. The molecule has 5 atom stereocenters. The summed E-state index contributed by atoms with van der Waals surface area (Å²) in [4.78, 5) is 49.6. The quantitative estimate of drug-likeness (QED) is 0.196. The summed E-state index contributed by atoms with van der Waals surface area (Å²) < 4.78 is 0. The lowest BCUT2D eigenvalue weighted by Gasteiger charge is -2.28. The first-order chi connectivity index (χ1) is 15.9. The first kappa shape index (κ1) is 28.9. The van der Waals surface area contributed by atoms with Crippen molar-refractivity contribution in [3.05, 3.63) is 29.8 Å². The van der Waals surface area contributed by atoms with Crippen molar-refractivity contribution >= 4 is 23.7 Å². The van der Waals surface area contributed by atoms with Crippen molar-refractivity contribution in [2.45, 2.75) is 64.7 Å². The number of hydrogen-bond donors (Lipinski definition) is 7. The maximum Gasteiger partial charge on any atom is 0.326 e. The molecule has 0 fully saturated rings. The Balaban J connectivity index is 2.91. The number of carboxylic acid groups (broad SMARTS) is 1. The number of aliphatic hydroxyl groups excluding tert-OH is 1. The van der Waals surface area contributed by atoms with Gasteiger partial charge >= 0.3 is 5.97 Å². The number of carboxylic acids is 1. The van der Waals surface area contributed by atoms with Crippen LogP contribution in [0.3, 0.4) is 0 Å². The third-order valence-corrected chi connectivity index (χ3v) is 5.62. The van der Waals surface area contributed by atoms with Gasteiger partial charge in [-0.3, -0.25) is 14.4 Å². The molecule has 1 aromatic carbocycles. The van der Waals surface area contributed by atoms with Crippen LogP contribution in [0.25, 0.3) is 0 Å². The lowest BCUT2D eigenvalue weighted by Crippen LogP contribution is -2.60. The lowest BCUT2D eigenvalue weighted by atomic mass is 9.96. The van der Waals surface area contributed by atoms with Gasteiger partial charge < -0.3 is 37.0 Å². The van der Waals surface area contributed by atoms with E-state index in [0.717, 1.165) is 0 Å². The number of phenols is 1. The molecule has 0 aliphatic heterocycles. The third kappa shape index (κ3) is 8.64. The molecule has 1 rings (SSSR count). The third-order valence-electron chi connectivity index (χ3n) is 5.62. The Hall–Kier alpha value is -3.18. The number of benzene rings is 1. The number of phenolic OH excluding ortho intramolecular Hbond substituents is 1. The van der Waals surface area contributed by atoms with Gasteiger partial charge in [0.05, 0.1) is 12.6 Å². The number of carbonyl (C=O) groups excluding carboxylic acids is 3. The van der Waals surface area contributed by atoms with Gasteiger partial charge in [0, 0.05) is 6.42 Å². The zero-order chi connectivity index (χ0) is 26.0. The fraction of sp³-hybridized carbons (Fsp3) is 0.565. The Morgan fingerprint density at radius 2 is 1.47 bits per heavy atom. The Kier molecular flexibility index (Phi) is 11.5. The van der Waals surface area contributed by atoms with Crippen LogP contribution in [0.5, 0.6) is 5.75 Å². The second kappa shape index (κ2) is 13.5. The molecule has 0 aromatic heterocycles. The fourth-order valence-electron chi connectivity index (χ4n) is 3.05. The summed E-state index contributed by atoms with van der Waals surface area (Å²) in [5.41, 5.74) is 6.42. The molecule has 0 saturated heterocycles. The molecule has 0 heterocycles. The van der Waals surface area contributed by atoms with Crippen LogP contribution < -0.4 is 21.7 Å². The number of aliphatic carboxylic acids is 1. The minimum absolute atomic E-state index is 0.0139. The number of aromatic hydroxyl groups is 1. The van der Waals surface area contributed by atoms with Crippen LogP contribution in [-0.4, -0.2) is 69.8 Å². The van der Waals surface area contributed by atoms with Crippen LogP contribution in [0, 0.1) is 11.8 Å². The monoisotopic (exact) mass is 480 g/mol. The molecular weight excluding hydrogens is 444 g/mol. The summed E-state index contributed by atoms with van der Waals surface area (Å²) in [7, 11) is 0. The molecule has 0 aliphatic carbocycles. The minimum atomic E-state index is -1.43. The highest BCUT2D eigenvalue weighted by Gasteiger charge is 2.32. The van der Waals surface area contributed by atoms with E-state index in [1.807, 2.05) is 6.92 Å². The van der Waals surface area contributed by atoms with E-state index in [0.29, 0.717) is 12.0 Å². The van der Waals surface area contributed by atoms with Gasteiger partial charge in [-0.1, -0.05) is 46.2 Å². The van der Waals surface area contributed by atoms with Crippen molar-refractivity contribution in [2.24, 2.45) is 17.6 Å². The van der Waals surface area contributed by atoms with Crippen LogP contribution in [-0.2, 0) is 25.6 Å². The number of rotatable bonds is 13. The summed E-state index contributed by atoms with van der Waals surface area (Å²) in [5, 5.41) is 35.8. The molecule has 8 N–H and O–H groups in total. The SMILES string of the molecule is CCC(C)C(NC(=O)C(N)C(C)C)C(=O)NC(CO)C(=O)NC(Cc1ccc(O)cc1)C(=O)O. The van der Waals surface area contributed by atoms with Crippen molar-refractivity contribution in [3.63, 3.8) is 0 Å². The molecule has 5 unspecified atom stereocenters. The van der Waals surface area contributed by atoms with E-state index in [9.17, 15) is 34.5 Å². The second-order valence-electron chi connectivity index (χ2n) is 8.66. The number of nitrogens with two attached hydrogens (primary N) is 1. The van der Waals surface area contributed by atoms with Gasteiger partial charge in [0.25, 0.3) is 0 Å². The predicted molar refractivity (Wildman–Crippen MR) is 125 cm³/mol. The maximum absolute atomic E-state index is 12.9. The number of carbonyl (C=O) groups is 4. The molecule has 0 aliphatic rings. The van der Waals surface area contributed by atoms with Crippen LogP contribution >= 0.6 is 0 Å². The van der Waals surface area contributed by atoms with Crippen molar-refractivity contribution in [1.82, 2.24) is 16.0 Å². The maximum atomic E-state index is 12.9. The predicted octanol–water partition coefficient (Wildman–Crippen LogP) is -0.505. The van der Waals surface area contributed by atoms with Crippen molar-refractivity contribution < 1.29 is 34.5 Å². The van der Waals surface area contributed by atoms with Gasteiger partial charge in [-0.2, -0.15) is 0 Å². The van der Waals surface area contributed by atoms with Crippen LogP contribution in [0.4, 0.5) is 0 Å². The molecule has 11 heteroatoms. The molecule has 0 radical (unpaired) electrons. The Morgan fingerprint density at radius 1 is 0.912 bits per heavy atom. The standard InChI is InChI=1S/C23H36N4O7/c1-5-13(4)19(27-21(31)18(24)12(2)3)22(32)26-17(11-28)20(30)25-16(23(33)34)10-14-6-8-15(29)9-7-14/h6-9,12-13,16-19,28-29H,5,10-11,24H2,1-4H3,(H,25,30)(H,26,32)(H,27,31)(H,33,34). The van der Waals surface area contributed by atoms with Gasteiger partial charge in [0.1, 0.15) is 23.9 Å². The van der Waals surface area contributed by atoms with Crippen LogP contribution in [0.1, 0.15) is 39.7 Å². The number of amides is 3. The van der Waals surface area contributed by atoms with Crippen molar-refractivity contribution in [1.29, 1.82) is 0 Å². The Labute approximate surface area is 199 Å². The van der Waals surface area contributed by atoms with Gasteiger partial charge in [0.2, 0.25) is 17.7 Å². The molecule has 190 valence electrons. The summed E-state index contributed by atoms with van der Waals surface area (Å²) in [6.07, 6.45) is 0.463. The number of nitrogens with one attached hydrogen (secondary N) is 3. The summed E-state index contributed by atoms with van der Waals surface area (Å²) >= 11 is 0. The summed E-state index contributed by atoms with van der Waals surface area (Å²) in [6, 6.07) is 1.22. The molecule has 1 aromatic rings. The zero-order valence-corrected chi connectivity index (χ0v) is 19.9. The number of aliphatic hydroxyl groups is 1. The largest absolute Gasteiger partial charge is 0.508 e. The summed E-state index contributed by atoms with van der Waals surface area (Å²) in [6.45, 7) is 6.33. The zero-order valence-electron chi connectivity index (χ0n) is 19.9. The average Bonchev–Trinajstić information content (AvgIpc) is 2.80. The smallest absolute Gasteiger partial charge is 0.326 e. The van der Waals surface area contributed by atoms with Crippen molar-refractivity contribution in [2.75, 3.05) is 6.61 Å². The second-order valence-corrected chi connectivity index (χ2v) is 8.66. The molecule has 0 saturated carbocycles. The van der Waals surface area contributed by atoms with E-state index in [4.69, 9.17) is 5.73 Å². The van der Waals surface area contributed by atoms with Gasteiger partial charge in [0.15, 0.2) is 0 Å². The minimum Gasteiger partial charge on any atom is -0.508 e. The highest BCUT2D eigenvalue weighted by Crippen LogP contribution is 2.12. The first-order valence-electron chi connectivity index (χ1n) is 11.2. The fourth-order valence-corrected chi connectivity index (χ4v) is 3.05. The van der Waals surface area contributed by atoms with Crippen molar-refractivity contribution in [3.8, 4) is 5.75 Å². The molecule has 34 heavy (non-hydrogen) atoms. The van der Waals surface area contributed by atoms with E-state index >= 15 is 0 Å². The Morgan fingerprint density at radius 3 is 1.94 bits per heavy atom. The molecule has 0 bridgehead atoms. The topological polar surface area (TPSA) is 191 Å². The average molecular weight is 481 g/mol. The summed E-state index contributed by atoms with van der Waals surface area (Å²) in [5.74, 6) is -3.85. The normalized spacial score (nSPS) is 15.5. The van der Waals surface area contributed by atoms with Gasteiger partial charge in [-0.25, -0.2) is 4.79 Å². The van der Waals surface area contributed by atoms with E-state index < -0.39 is 54.5 Å². The van der Waals surface area contributed by atoms with E-state index in [2.05, 4.69) is 16.0 Å². The van der Waals surface area contributed by atoms with E-state index in [1.165, 1.54) is 24.3 Å². The van der Waals surface area contributed by atoms with Crippen LogP contribution in [0.15, 0.2) is 24.3 Å². The highest BCUT2D eigenvalue weighted by atomic mass is 16.4. The first-order valence-corrected chi connectivity index (χ1v) is 11.2. The lowest BCUT2D eigenvalue weighted by molar-refractivity contribution is -0.142. The van der Waals surface area contributed by atoms with E-state index in [-0.39, 0.29) is 24.0 Å². The molecule has 11 nitrogen and oxygen atoms in total. The molecule has 3 amide bonds. The van der Waals surface area contributed by atoms with Crippen LogP contribution in [0.2, 0.25) is 0 Å². The van der Waals surface area contributed by atoms with Gasteiger partial charge in [-0.05, 0) is 29.5 Å². The molecule has 0 spiro atoms. The highest BCUT2D eigenvalue weighted by molar-refractivity contribution is 5.94. The number of hydrogen-bond acceptors (Lipinski definition) is 7. The van der Waals surface area contributed by atoms with E-state index in [1.54, 1.807) is 20.8 Å².